The molecule has 0 fully saturated rings. The van der Waals surface area contributed by atoms with Gasteiger partial charge in [0.1, 0.15) is 11.6 Å². The molecular weight excluding hydrogens is 419 g/mol. The van der Waals surface area contributed by atoms with Gasteiger partial charge >= 0.3 is 0 Å². The number of nitrogens with zero attached hydrogens (tertiary/aromatic N) is 1. The molecule has 0 saturated carbocycles. The maximum atomic E-state index is 13.2. The summed E-state index contributed by atoms with van der Waals surface area (Å²) in [5.74, 6) is -0.0998. The van der Waals surface area contributed by atoms with E-state index in [0.717, 1.165) is 17.7 Å². The lowest BCUT2D eigenvalue weighted by atomic mass is 10.0. The Morgan fingerprint density at radius 2 is 1.74 bits per heavy atom. The largest absolute Gasteiger partial charge is 0.497 e. The summed E-state index contributed by atoms with van der Waals surface area (Å²) >= 11 is 0. The molecule has 160 valence electrons. The Hall–Kier alpha value is -3.39. The molecule has 31 heavy (non-hydrogen) atoms. The van der Waals surface area contributed by atoms with Gasteiger partial charge in [0.05, 0.1) is 17.7 Å². The predicted octanol–water partition coefficient (Wildman–Crippen LogP) is 4.23. The third kappa shape index (κ3) is 4.25. The van der Waals surface area contributed by atoms with Crippen LogP contribution in [0.4, 0.5) is 15.8 Å². The fourth-order valence-electron chi connectivity index (χ4n) is 3.57. The highest BCUT2D eigenvalue weighted by Crippen LogP contribution is 2.34. The molecule has 0 radical (unpaired) electrons. The van der Waals surface area contributed by atoms with Crippen molar-refractivity contribution in [2.45, 2.75) is 17.7 Å². The van der Waals surface area contributed by atoms with Crippen LogP contribution >= 0.6 is 0 Å². The molecule has 0 bridgehead atoms. The number of carbonyl (C=O) groups excluding carboxylic acids is 1. The number of hydrogen-bond acceptors (Lipinski definition) is 4. The minimum atomic E-state index is -3.81. The fraction of sp³-hybridized carbons (Fsp3) is 0.174. The maximum Gasteiger partial charge on any atom is 0.264 e. The molecule has 3 aromatic carbocycles. The van der Waals surface area contributed by atoms with E-state index in [1.54, 1.807) is 49.6 Å². The van der Waals surface area contributed by atoms with E-state index < -0.39 is 15.8 Å². The van der Waals surface area contributed by atoms with Gasteiger partial charge < -0.3 is 10.1 Å². The van der Waals surface area contributed by atoms with E-state index in [1.165, 1.54) is 16.4 Å². The molecule has 1 aliphatic rings. The number of benzene rings is 3. The number of fused-ring (bicyclic) bond motifs is 1. The SMILES string of the molecule is COc1ccc(C(=O)Nc2ccc3c(c2)CCCN3S(=O)(=O)c2ccc(F)cc2)cc1. The molecule has 0 unspecified atom stereocenters. The average Bonchev–Trinajstić information content (AvgIpc) is 2.78. The summed E-state index contributed by atoms with van der Waals surface area (Å²) in [6.45, 7) is 0.338. The third-order valence-corrected chi connectivity index (χ3v) is 6.99. The summed E-state index contributed by atoms with van der Waals surface area (Å²) in [5.41, 5.74) is 2.46. The second-order valence-corrected chi connectivity index (χ2v) is 9.02. The summed E-state index contributed by atoms with van der Waals surface area (Å²) in [6, 6.07) is 16.7. The Labute approximate surface area is 180 Å². The Bertz CT molecular complexity index is 1210. The van der Waals surface area contributed by atoms with Crippen molar-refractivity contribution in [1.82, 2.24) is 0 Å². The summed E-state index contributed by atoms with van der Waals surface area (Å²) in [5, 5.41) is 2.85. The molecule has 1 aliphatic heterocycles. The average molecular weight is 440 g/mol. The Kier molecular flexibility index (Phi) is 5.65. The van der Waals surface area contributed by atoms with Gasteiger partial charge in [0, 0.05) is 17.8 Å². The van der Waals surface area contributed by atoms with Gasteiger partial charge in [-0.1, -0.05) is 0 Å². The van der Waals surface area contributed by atoms with Crippen LogP contribution < -0.4 is 14.4 Å². The first-order valence-corrected chi connectivity index (χ1v) is 11.2. The van der Waals surface area contributed by atoms with E-state index in [2.05, 4.69) is 5.32 Å². The first kappa shape index (κ1) is 20.9. The van der Waals surface area contributed by atoms with E-state index in [9.17, 15) is 17.6 Å². The van der Waals surface area contributed by atoms with Crippen LogP contribution in [-0.4, -0.2) is 28.0 Å². The van der Waals surface area contributed by atoms with E-state index in [-0.39, 0.29) is 10.8 Å². The smallest absolute Gasteiger partial charge is 0.264 e. The highest BCUT2D eigenvalue weighted by atomic mass is 32.2. The number of sulfonamides is 1. The number of rotatable bonds is 5. The third-order valence-electron chi connectivity index (χ3n) is 5.17. The summed E-state index contributed by atoms with van der Waals surface area (Å²) in [4.78, 5) is 12.6. The first-order valence-electron chi connectivity index (χ1n) is 9.75. The van der Waals surface area contributed by atoms with E-state index in [0.29, 0.717) is 42.1 Å². The molecule has 4 rings (SSSR count). The number of nitrogens with one attached hydrogen (secondary N) is 1. The molecule has 0 saturated heterocycles. The highest BCUT2D eigenvalue weighted by Gasteiger charge is 2.29. The maximum absolute atomic E-state index is 13.2. The zero-order valence-corrected chi connectivity index (χ0v) is 17.7. The fourth-order valence-corrected chi connectivity index (χ4v) is 5.11. The van der Waals surface area contributed by atoms with E-state index >= 15 is 0 Å². The number of hydrogen-bond donors (Lipinski definition) is 1. The standard InChI is InChI=1S/C23H21FN2O4S/c1-30-20-9-4-16(5-10-20)23(27)25-19-8-13-22-17(15-19)3-2-14-26(22)31(28,29)21-11-6-18(24)7-12-21/h4-13,15H,2-3,14H2,1H3,(H,25,27). The van der Waals surface area contributed by atoms with Crippen molar-refractivity contribution in [2.24, 2.45) is 0 Å². The molecular formula is C23H21FN2O4S. The lowest BCUT2D eigenvalue weighted by Gasteiger charge is -2.31. The zero-order chi connectivity index (χ0) is 22.0. The van der Waals surface area contributed by atoms with Crippen LogP contribution in [0.25, 0.3) is 0 Å². The number of amides is 1. The van der Waals surface area contributed by atoms with Gasteiger partial charge in [-0.25, -0.2) is 12.8 Å². The van der Waals surface area contributed by atoms with Crippen LogP contribution in [-0.2, 0) is 16.4 Å². The Morgan fingerprint density at radius 1 is 1.03 bits per heavy atom. The van der Waals surface area contributed by atoms with Gasteiger partial charge in [0.15, 0.2) is 0 Å². The van der Waals surface area contributed by atoms with Gasteiger partial charge in [0.25, 0.3) is 15.9 Å². The van der Waals surface area contributed by atoms with E-state index in [4.69, 9.17) is 4.74 Å². The number of carbonyl (C=O) groups is 1. The molecule has 0 spiro atoms. The molecule has 3 aromatic rings. The van der Waals surface area contributed by atoms with Crippen molar-refractivity contribution < 1.29 is 22.3 Å². The molecule has 8 heteroatoms. The molecule has 0 aliphatic carbocycles. The molecule has 1 heterocycles. The van der Waals surface area contributed by atoms with Gasteiger partial charge in [-0.2, -0.15) is 0 Å². The van der Waals surface area contributed by atoms with Gasteiger partial charge in [-0.05, 0) is 85.1 Å². The summed E-state index contributed by atoms with van der Waals surface area (Å²) in [6.07, 6.45) is 1.33. The van der Waals surface area contributed by atoms with Crippen molar-refractivity contribution in [1.29, 1.82) is 0 Å². The Morgan fingerprint density at radius 3 is 2.42 bits per heavy atom. The van der Waals surface area contributed by atoms with Crippen LogP contribution in [0.15, 0.2) is 71.6 Å². The van der Waals surface area contributed by atoms with Gasteiger partial charge in [-0.3, -0.25) is 9.10 Å². The number of methoxy groups -OCH3 is 1. The minimum absolute atomic E-state index is 0.0404. The number of aryl methyl sites for hydroxylation is 1. The van der Waals surface area contributed by atoms with Gasteiger partial charge in [0.2, 0.25) is 0 Å². The number of halogens is 1. The second kappa shape index (κ2) is 8.39. The lowest BCUT2D eigenvalue weighted by molar-refractivity contribution is 0.102. The normalized spacial score (nSPS) is 13.4. The quantitative estimate of drug-likeness (QED) is 0.644. The summed E-state index contributed by atoms with van der Waals surface area (Å²) < 4.78 is 45.8. The van der Waals surface area contributed by atoms with Crippen molar-refractivity contribution in [3.63, 3.8) is 0 Å². The molecule has 1 amide bonds. The van der Waals surface area contributed by atoms with Crippen molar-refractivity contribution in [3.05, 3.63) is 83.7 Å². The van der Waals surface area contributed by atoms with E-state index in [1.807, 2.05) is 0 Å². The van der Waals surface area contributed by atoms with Crippen LogP contribution in [0.5, 0.6) is 5.75 Å². The zero-order valence-electron chi connectivity index (χ0n) is 16.8. The molecule has 1 N–H and O–H groups in total. The van der Waals surface area contributed by atoms with Crippen LogP contribution in [0.1, 0.15) is 22.3 Å². The van der Waals surface area contributed by atoms with Crippen LogP contribution in [0, 0.1) is 5.82 Å². The van der Waals surface area contributed by atoms with Gasteiger partial charge in [-0.15, -0.1) is 0 Å². The number of anilines is 2. The van der Waals surface area contributed by atoms with Crippen molar-refractivity contribution in [3.8, 4) is 5.75 Å². The molecule has 6 nitrogen and oxygen atoms in total. The molecule has 0 atom stereocenters. The topological polar surface area (TPSA) is 75.7 Å². The lowest BCUT2D eigenvalue weighted by Crippen LogP contribution is -2.35. The monoisotopic (exact) mass is 440 g/mol. The second-order valence-electron chi connectivity index (χ2n) is 7.16. The predicted molar refractivity (Wildman–Crippen MR) is 117 cm³/mol. The summed E-state index contributed by atoms with van der Waals surface area (Å²) in [7, 11) is -2.25. The number of ether oxygens (including phenoxy) is 1. The Balaban J connectivity index is 1.58. The first-order chi connectivity index (χ1) is 14.9. The van der Waals surface area contributed by atoms with Crippen LogP contribution in [0.2, 0.25) is 0 Å². The van der Waals surface area contributed by atoms with Crippen molar-refractivity contribution in [2.75, 3.05) is 23.3 Å². The molecule has 0 aromatic heterocycles. The van der Waals surface area contributed by atoms with Crippen molar-refractivity contribution >= 4 is 27.3 Å². The van der Waals surface area contributed by atoms with Crippen LogP contribution in [0.3, 0.4) is 0 Å². The highest BCUT2D eigenvalue weighted by molar-refractivity contribution is 7.92. The minimum Gasteiger partial charge on any atom is -0.497 e.